The standard InChI is InChI=1S/C14H22O2/c1-9(15)13-7-11-5-3-4-6-12(11)8-14(13)10(2)16/h11-14H,3-8H2,1-2H3. The fourth-order valence-corrected chi connectivity index (χ4v) is 3.78. The normalized spacial score (nSPS) is 38.9. The highest BCUT2D eigenvalue weighted by molar-refractivity contribution is 5.87. The van der Waals surface area contributed by atoms with Crippen LogP contribution in [0.1, 0.15) is 52.4 Å². The second-order valence-electron chi connectivity index (χ2n) is 5.71. The molecule has 0 aromatic carbocycles. The van der Waals surface area contributed by atoms with E-state index in [1.165, 1.54) is 25.7 Å². The van der Waals surface area contributed by atoms with Gasteiger partial charge in [0.05, 0.1) is 0 Å². The lowest BCUT2D eigenvalue weighted by molar-refractivity contribution is -0.134. The minimum Gasteiger partial charge on any atom is -0.300 e. The molecule has 2 heteroatoms. The molecule has 4 atom stereocenters. The van der Waals surface area contributed by atoms with Crippen LogP contribution >= 0.6 is 0 Å². The molecular weight excluding hydrogens is 200 g/mol. The van der Waals surface area contributed by atoms with Crippen molar-refractivity contribution in [3.05, 3.63) is 0 Å². The van der Waals surface area contributed by atoms with E-state index in [2.05, 4.69) is 0 Å². The highest BCUT2D eigenvalue weighted by atomic mass is 16.1. The maximum absolute atomic E-state index is 11.6. The Kier molecular flexibility index (Phi) is 3.46. The molecule has 0 spiro atoms. The third-order valence-electron chi connectivity index (χ3n) is 4.71. The average molecular weight is 222 g/mol. The van der Waals surface area contributed by atoms with Crippen LogP contribution in [0.5, 0.6) is 0 Å². The Morgan fingerprint density at radius 1 is 0.812 bits per heavy atom. The smallest absolute Gasteiger partial charge is 0.133 e. The summed E-state index contributed by atoms with van der Waals surface area (Å²) in [6.07, 6.45) is 7.14. The topological polar surface area (TPSA) is 34.1 Å². The van der Waals surface area contributed by atoms with Crippen molar-refractivity contribution in [2.45, 2.75) is 52.4 Å². The molecule has 0 radical (unpaired) electrons. The van der Waals surface area contributed by atoms with Crippen LogP contribution in [0.15, 0.2) is 0 Å². The first-order valence-electron chi connectivity index (χ1n) is 6.60. The molecule has 2 rings (SSSR count). The molecular formula is C14H22O2. The Morgan fingerprint density at radius 2 is 1.19 bits per heavy atom. The molecule has 2 aliphatic carbocycles. The SMILES string of the molecule is CC(=O)C1CC2CCCCC2CC1C(C)=O. The van der Waals surface area contributed by atoms with Crippen LogP contribution in [-0.4, -0.2) is 11.6 Å². The van der Waals surface area contributed by atoms with E-state index in [-0.39, 0.29) is 23.4 Å². The van der Waals surface area contributed by atoms with Gasteiger partial charge in [-0.15, -0.1) is 0 Å². The number of hydrogen-bond acceptors (Lipinski definition) is 2. The van der Waals surface area contributed by atoms with Crippen molar-refractivity contribution in [2.75, 3.05) is 0 Å². The Bertz CT molecular complexity index is 265. The second-order valence-corrected chi connectivity index (χ2v) is 5.71. The first kappa shape index (κ1) is 11.8. The number of carbonyl (C=O) groups is 2. The number of rotatable bonds is 2. The molecule has 4 unspecified atom stereocenters. The molecule has 0 aromatic rings. The maximum Gasteiger partial charge on any atom is 0.133 e. The maximum atomic E-state index is 11.6. The summed E-state index contributed by atoms with van der Waals surface area (Å²) < 4.78 is 0. The number of fused-ring (bicyclic) bond motifs is 1. The van der Waals surface area contributed by atoms with E-state index in [0.29, 0.717) is 0 Å². The zero-order chi connectivity index (χ0) is 11.7. The Balaban J connectivity index is 2.13. The minimum atomic E-state index is 0.0249. The van der Waals surface area contributed by atoms with Gasteiger partial charge in [-0.3, -0.25) is 9.59 Å². The number of hydrogen-bond donors (Lipinski definition) is 0. The van der Waals surface area contributed by atoms with Gasteiger partial charge >= 0.3 is 0 Å². The van der Waals surface area contributed by atoms with Gasteiger partial charge in [-0.1, -0.05) is 25.7 Å². The molecule has 0 N–H and O–H groups in total. The van der Waals surface area contributed by atoms with Gasteiger partial charge in [-0.25, -0.2) is 0 Å². The van der Waals surface area contributed by atoms with E-state index >= 15 is 0 Å². The van der Waals surface area contributed by atoms with E-state index < -0.39 is 0 Å². The number of carbonyl (C=O) groups excluding carboxylic acids is 2. The quantitative estimate of drug-likeness (QED) is 0.719. The van der Waals surface area contributed by atoms with Crippen molar-refractivity contribution < 1.29 is 9.59 Å². The fraction of sp³-hybridized carbons (Fsp3) is 0.857. The molecule has 2 nitrogen and oxygen atoms in total. The van der Waals surface area contributed by atoms with Gasteiger partial charge in [0.15, 0.2) is 0 Å². The summed E-state index contributed by atoms with van der Waals surface area (Å²) in [6.45, 7) is 3.31. The molecule has 0 amide bonds. The van der Waals surface area contributed by atoms with Crippen LogP contribution in [0.4, 0.5) is 0 Å². The summed E-state index contributed by atoms with van der Waals surface area (Å²) >= 11 is 0. The summed E-state index contributed by atoms with van der Waals surface area (Å²) in [7, 11) is 0. The molecule has 90 valence electrons. The molecule has 0 aliphatic heterocycles. The third kappa shape index (κ3) is 2.21. The van der Waals surface area contributed by atoms with Crippen molar-refractivity contribution in [2.24, 2.45) is 23.7 Å². The monoisotopic (exact) mass is 222 g/mol. The molecule has 2 fully saturated rings. The summed E-state index contributed by atoms with van der Waals surface area (Å²) in [5.41, 5.74) is 0. The van der Waals surface area contributed by atoms with E-state index in [1.54, 1.807) is 13.8 Å². The lowest BCUT2D eigenvalue weighted by Gasteiger charge is -2.42. The molecule has 0 heterocycles. The van der Waals surface area contributed by atoms with Crippen LogP contribution in [0.25, 0.3) is 0 Å². The largest absolute Gasteiger partial charge is 0.300 e. The first-order valence-corrected chi connectivity index (χ1v) is 6.60. The van der Waals surface area contributed by atoms with Crippen molar-refractivity contribution in [1.82, 2.24) is 0 Å². The second kappa shape index (κ2) is 4.68. The summed E-state index contributed by atoms with van der Waals surface area (Å²) in [6, 6.07) is 0. The summed E-state index contributed by atoms with van der Waals surface area (Å²) in [5.74, 6) is 1.94. The summed E-state index contributed by atoms with van der Waals surface area (Å²) in [5, 5.41) is 0. The summed E-state index contributed by atoms with van der Waals surface area (Å²) in [4.78, 5) is 23.3. The zero-order valence-corrected chi connectivity index (χ0v) is 10.4. The predicted molar refractivity (Wildman–Crippen MR) is 63.0 cm³/mol. The van der Waals surface area contributed by atoms with Crippen molar-refractivity contribution >= 4 is 11.6 Å². The van der Waals surface area contributed by atoms with Crippen molar-refractivity contribution in [3.8, 4) is 0 Å². The third-order valence-corrected chi connectivity index (χ3v) is 4.71. The molecule has 2 saturated carbocycles. The molecule has 2 aliphatic rings. The van der Waals surface area contributed by atoms with Crippen molar-refractivity contribution in [3.63, 3.8) is 0 Å². The Hall–Kier alpha value is -0.660. The minimum absolute atomic E-state index is 0.0249. The molecule has 0 bridgehead atoms. The Morgan fingerprint density at radius 3 is 1.50 bits per heavy atom. The van der Waals surface area contributed by atoms with Crippen LogP contribution < -0.4 is 0 Å². The van der Waals surface area contributed by atoms with E-state index in [9.17, 15) is 9.59 Å². The Labute approximate surface area is 97.8 Å². The van der Waals surface area contributed by atoms with Gasteiger partial charge in [-0.05, 0) is 38.5 Å². The van der Waals surface area contributed by atoms with Gasteiger partial charge in [-0.2, -0.15) is 0 Å². The zero-order valence-electron chi connectivity index (χ0n) is 10.4. The van der Waals surface area contributed by atoms with E-state index in [0.717, 1.165) is 24.7 Å². The average Bonchev–Trinajstić information content (AvgIpc) is 2.27. The lowest BCUT2D eigenvalue weighted by atomic mass is 9.62. The van der Waals surface area contributed by atoms with Crippen molar-refractivity contribution in [1.29, 1.82) is 0 Å². The fourth-order valence-electron chi connectivity index (χ4n) is 3.78. The van der Waals surface area contributed by atoms with Gasteiger partial charge in [0.1, 0.15) is 11.6 Å². The van der Waals surface area contributed by atoms with Gasteiger partial charge < -0.3 is 0 Å². The van der Waals surface area contributed by atoms with Gasteiger partial charge in [0.2, 0.25) is 0 Å². The van der Waals surface area contributed by atoms with E-state index in [4.69, 9.17) is 0 Å². The highest BCUT2D eigenvalue weighted by Crippen LogP contribution is 2.45. The molecule has 0 aromatic heterocycles. The predicted octanol–water partition coefficient (Wildman–Crippen LogP) is 3.00. The molecule has 16 heavy (non-hydrogen) atoms. The highest BCUT2D eigenvalue weighted by Gasteiger charge is 2.41. The van der Waals surface area contributed by atoms with Crippen LogP contribution in [0.2, 0.25) is 0 Å². The lowest BCUT2D eigenvalue weighted by Crippen LogP contribution is -2.39. The van der Waals surface area contributed by atoms with Crippen LogP contribution in [0, 0.1) is 23.7 Å². The van der Waals surface area contributed by atoms with Crippen LogP contribution in [0.3, 0.4) is 0 Å². The number of Topliss-reactive ketones (excluding diaryl/α,β-unsaturated/α-hetero) is 2. The molecule has 0 saturated heterocycles. The first-order chi connectivity index (χ1) is 7.59. The van der Waals surface area contributed by atoms with Crippen LogP contribution in [-0.2, 0) is 9.59 Å². The van der Waals surface area contributed by atoms with Gasteiger partial charge in [0, 0.05) is 11.8 Å². The number of ketones is 2. The van der Waals surface area contributed by atoms with E-state index in [1.807, 2.05) is 0 Å². The van der Waals surface area contributed by atoms with Gasteiger partial charge in [0.25, 0.3) is 0 Å².